The van der Waals surface area contributed by atoms with E-state index in [1.165, 1.54) is 18.2 Å². The summed E-state index contributed by atoms with van der Waals surface area (Å²) in [7, 11) is 0. The standard InChI is InChI=1S/C20H18FNO4/c1-3-13-10-19(23)26-18-11-14(8-9-15(13)18)25-12(2)20(24)22-17-7-5-4-6-16(17)21/h4-12H,3H2,1-2H3,(H,22,24). The van der Waals surface area contributed by atoms with Crippen LogP contribution in [-0.2, 0) is 11.2 Å². The number of halogens is 1. The molecule has 2 aromatic carbocycles. The fraction of sp³-hybridized carbons (Fsp3) is 0.200. The third-order valence-corrected chi connectivity index (χ3v) is 4.00. The van der Waals surface area contributed by atoms with Crippen LogP contribution in [0.5, 0.6) is 5.75 Å². The van der Waals surface area contributed by atoms with Crippen molar-refractivity contribution in [3.8, 4) is 5.75 Å². The molecule has 0 fully saturated rings. The zero-order chi connectivity index (χ0) is 18.7. The largest absolute Gasteiger partial charge is 0.481 e. The summed E-state index contributed by atoms with van der Waals surface area (Å²) in [6, 6.07) is 12.4. The van der Waals surface area contributed by atoms with E-state index in [0.717, 1.165) is 10.9 Å². The summed E-state index contributed by atoms with van der Waals surface area (Å²) in [6.07, 6.45) is -0.169. The normalized spacial score (nSPS) is 12.0. The molecule has 26 heavy (non-hydrogen) atoms. The van der Waals surface area contributed by atoms with E-state index in [9.17, 15) is 14.0 Å². The van der Waals surface area contributed by atoms with Gasteiger partial charge in [-0.1, -0.05) is 19.1 Å². The molecule has 5 nitrogen and oxygen atoms in total. The Morgan fingerprint density at radius 2 is 2.00 bits per heavy atom. The van der Waals surface area contributed by atoms with Crippen molar-refractivity contribution in [2.24, 2.45) is 0 Å². The summed E-state index contributed by atoms with van der Waals surface area (Å²) in [6.45, 7) is 3.51. The number of carbonyl (C=O) groups is 1. The average Bonchev–Trinajstić information content (AvgIpc) is 2.62. The number of para-hydroxylation sites is 1. The van der Waals surface area contributed by atoms with Crippen molar-refractivity contribution in [1.29, 1.82) is 0 Å². The minimum atomic E-state index is -0.867. The number of ether oxygens (including phenoxy) is 1. The number of aryl methyl sites for hydroxylation is 1. The van der Waals surface area contributed by atoms with Crippen LogP contribution in [0.1, 0.15) is 19.4 Å². The van der Waals surface area contributed by atoms with Crippen LogP contribution in [0, 0.1) is 5.82 Å². The van der Waals surface area contributed by atoms with Gasteiger partial charge in [-0.15, -0.1) is 0 Å². The molecular weight excluding hydrogens is 337 g/mol. The number of anilines is 1. The van der Waals surface area contributed by atoms with E-state index in [1.54, 1.807) is 37.3 Å². The van der Waals surface area contributed by atoms with Crippen LogP contribution in [0.3, 0.4) is 0 Å². The average molecular weight is 355 g/mol. The fourth-order valence-electron chi connectivity index (χ4n) is 2.63. The topological polar surface area (TPSA) is 68.5 Å². The second-order valence-corrected chi connectivity index (χ2v) is 5.83. The Balaban J connectivity index is 1.78. The van der Waals surface area contributed by atoms with Crippen LogP contribution in [0.15, 0.2) is 57.7 Å². The van der Waals surface area contributed by atoms with Crippen molar-refractivity contribution in [2.75, 3.05) is 5.32 Å². The van der Waals surface area contributed by atoms with Crippen molar-refractivity contribution < 1.29 is 18.3 Å². The number of fused-ring (bicyclic) bond motifs is 1. The van der Waals surface area contributed by atoms with Gasteiger partial charge in [0.05, 0.1) is 5.69 Å². The minimum Gasteiger partial charge on any atom is -0.481 e. The molecule has 0 aliphatic carbocycles. The fourth-order valence-corrected chi connectivity index (χ4v) is 2.63. The second-order valence-electron chi connectivity index (χ2n) is 5.83. The van der Waals surface area contributed by atoms with E-state index in [1.807, 2.05) is 6.92 Å². The first-order chi connectivity index (χ1) is 12.5. The van der Waals surface area contributed by atoms with E-state index in [2.05, 4.69) is 5.32 Å². The molecule has 1 N–H and O–H groups in total. The Morgan fingerprint density at radius 1 is 1.23 bits per heavy atom. The smallest absolute Gasteiger partial charge is 0.336 e. The van der Waals surface area contributed by atoms with Gasteiger partial charge in [0, 0.05) is 17.5 Å². The molecule has 0 spiro atoms. The first kappa shape index (κ1) is 17.7. The van der Waals surface area contributed by atoms with Gasteiger partial charge in [-0.2, -0.15) is 0 Å². The molecule has 0 saturated carbocycles. The summed E-state index contributed by atoms with van der Waals surface area (Å²) < 4.78 is 24.5. The number of nitrogens with one attached hydrogen (secondary N) is 1. The summed E-state index contributed by atoms with van der Waals surface area (Å²) in [4.78, 5) is 23.8. The number of benzene rings is 2. The van der Waals surface area contributed by atoms with Crippen molar-refractivity contribution in [3.05, 3.63) is 70.3 Å². The van der Waals surface area contributed by atoms with Crippen molar-refractivity contribution >= 4 is 22.6 Å². The highest BCUT2D eigenvalue weighted by Crippen LogP contribution is 2.24. The minimum absolute atomic E-state index is 0.0880. The maximum Gasteiger partial charge on any atom is 0.336 e. The van der Waals surface area contributed by atoms with Gasteiger partial charge in [-0.25, -0.2) is 9.18 Å². The van der Waals surface area contributed by atoms with Gasteiger partial charge in [-0.3, -0.25) is 4.79 Å². The van der Waals surface area contributed by atoms with E-state index in [4.69, 9.17) is 9.15 Å². The number of hydrogen-bond acceptors (Lipinski definition) is 4. The highest BCUT2D eigenvalue weighted by atomic mass is 19.1. The van der Waals surface area contributed by atoms with E-state index in [-0.39, 0.29) is 5.69 Å². The lowest BCUT2D eigenvalue weighted by Crippen LogP contribution is -2.30. The third-order valence-electron chi connectivity index (χ3n) is 4.00. The number of carbonyl (C=O) groups excluding carboxylic acids is 1. The number of amides is 1. The van der Waals surface area contributed by atoms with Gasteiger partial charge in [0.1, 0.15) is 17.1 Å². The van der Waals surface area contributed by atoms with Gasteiger partial charge >= 0.3 is 5.63 Å². The molecule has 1 heterocycles. The first-order valence-corrected chi connectivity index (χ1v) is 8.26. The Morgan fingerprint density at radius 3 is 2.73 bits per heavy atom. The lowest BCUT2D eigenvalue weighted by molar-refractivity contribution is -0.122. The SMILES string of the molecule is CCc1cc(=O)oc2cc(OC(C)C(=O)Nc3ccccc3F)ccc12. The molecule has 1 unspecified atom stereocenters. The van der Waals surface area contributed by atoms with E-state index in [0.29, 0.717) is 17.8 Å². The van der Waals surface area contributed by atoms with E-state index < -0.39 is 23.5 Å². The van der Waals surface area contributed by atoms with Gasteiger partial charge < -0.3 is 14.5 Å². The molecule has 0 saturated heterocycles. The van der Waals surface area contributed by atoms with Crippen molar-refractivity contribution in [3.63, 3.8) is 0 Å². The molecule has 0 radical (unpaired) electrons. The Kier molecular flexibility index (Phi) is 5.02. The zero-order valence-electron chi connectivity index (χ0n) is 14.4. The molecule has 3 rings (SSSR count). The lowest BCUT2D eigenvalue weighted by Gasteiger charge is -2.15. The molecule has 0 aliphatic rings. The van der Waals surface area contributed by atoms with Gasteiger partial charge in [-0.05, 0) is 43.2 Å². The van der Waals surface area contributed by atoms with Crippen LogP contribution in [0.25, 0.3) is 11.0 Å². The Bertz CT molecular complexity index is 1010. The second kappa shape index (κ2) is 7.39. The molecule has 1 atom stereocenters. The molecule has 3 aromatic rings. The van der Waals surface area contributed by atoms with Crippen LogP contribution < -0.4 is 15.7 Å². The Labute approximate surface area is 149 Å². The Hall–Kier alpha value is -3.15. The van der Waals surface area contributed by atoms with Crippen molar-refractivity contribution in [2.45, 2.75) is 26.4 Å². The summed E-state index contributed by atoms with van der Waals surface area (Å²) in [5, 5.41) is 3.30. The third kappa shape index (κ3) is 3.74. The molecule has 134 valence electrons. The van der Waals surface area contributed by atoms with Crippen LogP contribution in [-0.4, -0.2) is 12.0 Å². The highest BCUT2D eigenvalue weighted by molar-refractivity contribution is 5.94. The summed E-state index contributed by atoms with van der Waals surface area (Å²) in [5.74, 6) is -0.628. The van der Waals surface area contributed by atoms with Gasteiger partial charge in [0.25, 0.3) is 5.91 Å². The number of hydrogen-bond donors (Lipinski definition) is 1. The maximum atomic E-state index is 13.6. The molecular formula is C20H18FNO4. The highest BCUT2D eigenvalue weighted by Gasteiger charge is 2.17. The van der Waals surface area contributed by atoms with Gasteiger partial charge in [0.2, 0.25) is 0 Å². The lowest BCUT2D eigenvalue weighted by atomic mass is 10.1. The zero-order valence-corrected chi connectivity index (χ0v) is 14.4. The predicted molar refractivity (Wildman–Crippen MR) is 97.0 cm³/mol. The van der Waals surface area contributed by atoms with Crippen LogP contribution in [0.4, 0.5) is 10.1 Å². The van der Waals surface area contributed by atoms with Gasteiger partial charge in [0.15, 0.2) is 6.10 Å². The molecule has 0 aliphatic heterocycles. The summed E-state index contributed by atoms with van der Waals surface area (Å²) >= 11 is 0. The number of rotatable bonds is 5. The van der Waals surface area contributed by atoms with E-state index >= 15 is 0 Å². The maximum absolute atomic E-state index is 13.6. The quantitative estimate of drug-likeness (QED) is 0.705. The van der Waals surface area contributed by atoms with Crippen LogP contribution >= 0.6 is 0 Å². The van der Waals surface area contributed by atoms with Crippen LogP contribution in [0.2, 0.25) is 0 Å². The summed E-state index contributed by atoms with van der Waals surface area (Å²) in [5.41, 5.74) is 0.934. The molecule has 1 aromatic heterocycles. The molecule has 1 amide bonds. The molecule has 0 bridgehead atoms. The monoisotopic (exact) mass is 355 g/mol. The predicted octanol–water partition coefficient (Wildman–Crippen LogP) is 3.90. The van der Waals surface area contributed by atoms with Crippen molar-refractivity contribution in [1.82, 2.24) is 0 Å². The molecule has 6 heteroatoms. The first-order valence-electron chi connectivity index (χ1n) is 8.26.